The van der Waals surface area contributed by atoms with Gasteiger partial charge in [0.05, 0.1) is 18.1 Å². The highest BCUT2D eigenvalue weighted by molar-refractivity contribution is 7.89. The summed E-state index contributed by atoms with van der Waals surface area (Å²) in [5.74, 6) is -1.09. The first-order valence-electron chi connectivity index (χ1n) is 11.9. The number of likely N-dealkylation sites (tertiary alicyclic amines) is 1. The molecule has 0 aliphatic carbocycles. The monoisotopic (exact) mass is 517 g/mol. The molecule has 0 aromatic heterocycles. The van der Waals surface area contributed by atoms with Crippen LogP contribution in [0.15, 0.2) is 24.3 Å². The van der Waals surface area contributed by atoms with E-state index in [9.17, 15) is 31.2 Å². The van der Waals surface area contributed by atoms with Crippen molar-refractivity contribution < 1.29 is 35.9 Å². The third kappa shape index (κ3) is 5.80. The molecule has 0 saturated carbocycles. The number of sulfonamides is 1. The lowest BCUT2D eigenvalue weighted by Crippen LogP contribution is -2.52. The van der Waals surface area contributed by atoms with Crippen molar-refractivity contribution in [1.29, 1.82) is 0 Å². The van der Waals surface area contributed by atoms with E-state index in [0.29, 0.717) is 57.4 Å². The Balaban J connectivity index is 1.35. The number of hydrogen-bond donors (Lipinski definition) is 1. The summed E-state index contributed by atoms with van der Waals surface area (Å²) in [5, 5.41) is 2.15. The van der Waals surface area contributed by atoms with Gasteiger partial charge in [-0.3, -0.25) is 9.59 Å². The van der Waals surface area contributed by atoms with E-state index in [1.807, 2.05) is 0 Å². The Hall–Kier alpha value is -2.18. The highest BCUT2D eigenvalue weighted by Crippen LogP contribution is 2.30. The normalized spacial score (nSPS) is 26.1. The van der Waals surface area contributed by atoms with Crippen molar-refractivity contribution in [3.05, 3.63) is 35.4 Å². The molecule has 8 nitrogen and oxygen atoms in total. The largest absolute Gasteiger partial charge is 0.416 e. The Morgan fingerprint density at radius 3 is 2.43 bits per heavy atom. The number of carbonyl (C=O) groups is 2. The second kappa shape index (κ2) is 10.4. The van der Waals surface area contributed by atoms with Crippen LogP contribution in [0.3, 0.4) is 0 Å². The highest BCUT2D eigenvalue weighted by atomic mass is 32.2. The van der Waals surface area contributed by atoms with Crippen molar-refractivity contribution in [3.63, 3.8) is 0 Å². The van der Waals surface area contributed by atoms with E-state index >= 15 is 0 Å². The van der Waals surface area contributed by atoms with Gasteiger partial charge < -0.3 is 15.0 Å². The summed E-state index contributed by atoms with van der Waals surface area (Å²) in [4.78, 5) is 27.7. The number of amides is 2. The lowest BCUT2D eigenvalue weighted by atomic mass is 9.97. The molecule has 1 N–H and O–H groups in total. The van der Waals surface area contributed by atoms with Gasteiger partial charge in [-0.05, 0) is 49.8 Å². The summed E-state index contributed by atoms with van der Waals surface area (Å²) in [6, 6.07) is 3.88. The quantitative estimate of drug-likeness (QED) is 0.624. The fourth-order valence-electron chi connectivity index (χ4n) is 4.99. The van der Waals surface area contributed by atoms with Gasteiger partial charge in [0.1, 0.15) is 11.3 Å². The van der Waals surface area contributed by atoms with Gasteiger partial charge >= 0.3 is 6.18 Å². The SMILES string of the molecule is O=C(NCc1ccc(C(F)(F)F)cc1)[C@H]1CCCN1C(=O)[C@H]1CCCN(S(=O)(=O)C2CCOC2)C1. The molecule has 1 unspecified atom stereocenters. The molecule has 0 radical (unpaired) electrons. The maximum atomic E-state index is 13.3. The first-order chi connectivity index (χ1) is 16.6. The Morgan fingerprint density at radius 2 is 1.77 bits per heavy atom. The third-order valence-corrected chi connectivity index (χ3v) is 9.25. The van der Waals surface area contributed by atoms with E-state index in [1.54, 1.807) is 0 Å². The van der Waals surface area contributed by atoms with E-state index in [1.165, 1.54) is 21.3 Å². The molecule has 35 heavy (non-hydrogen) atoms. The van der Waals surface area contributed by atoms with Crippen molar-refractivity contribution in [3.8, 4) is 0 Å². The van der Waals surface area contributed by atoms with Crippen molar-refractivity contribution in [2.75, 3.05) is 32.8 Å². The molecular formula is C23H30F3N3O5S. The van der Waals surface area contributed by atoms with Crippen LogP contribution in [0, 0.1) is 5.92 Å². The van der Waals surface area contributed by atoms with E-state index in [4.69, 9.17) is 4.74 Å². The average Bonchev–Trinajstić information content (AvgIpc) is 3.55. The molecule has 3 aliphatic heterocycles. The Labute approximate surface area is 202 Å². The zero-order valence-electron chi connectivity index (χ0n) is 19.3. The van der Waals surface area contributed by atoms with Crippen molar-refractivity contribution in [2.24, 2.45) is 5.92 Å². The van der Waals surface area contributed by atoms with Gasteiger partial charge in [0, 0.05) is 32.8 Å². The number of nitrogens with zero attached hydrogens (tertiary/aromatic N) is 2. The third-order valence-electron chi connectivity index (χ3n) is 6.99. The van der Waals surface area contributed by atoms with Crippen LogP contribution in [-0.4, -0.2) is 73.6 Å². The predicted molar refractivity (Wildman–Crippen MR) is 120 cm³/mol. The van der Waals surface area contributed by atoms with Gasteiger partial charge in [0.2, 0.25) is 21.8 Å². The average molecular weight is 518 g/mol. The van der Waals surface area contributed by atoms with Crippen LogP contribution < -0.4 is 5.32 Å². The molecule has 3 atom stereocenters. The fourth-order valence-corrected chi connectivity index (χ4v) is 6.85. The molecule has 12 heteroatoms. The van der Waals surface area contributed by atoms with Crippen LogP contribution in [0.1, 0.15) is 43.2 Å². The molecule has 0 bridgehead atoms. The standard InChI is InChI=1S/C23H30F3N3O5S/c24-23(25,26)18-7-5-16(6-8-18)13-27-21(30)20-4-2-11-29(20)22(31)17-3-1-10-28(14-17)35(32,33)19-9-12-34-15-19/h5-8,17,19-20H,1-4,9-15H2,(H,27,30)/t17-,19?,20+/m0/s1. The van der Waals surface area contributed by atoms with Crippen molar-refractivity contribution in [1.82, 2.24) is 14.5 Å². The van der Waals surface area contributed by atoms with Crippen LogP contribution in [0.2, 0.25) is 0 Å². The van der Waals surface area contributed by atoms with E-state index < -0.39 is 39.0 Å². The molecule has 0 spiro atoms. The molecule has 1 aromatic rings. The first-order valence-corrected chi connectivity index (χ1v) is 13.4. The summed E-state index contributed by atoms with van der Waals surface area (Å²) < 4.78 is 70.7. The molecule has 4 rings (SSSR count). The maximum absolute atomic E-state index is 13.3. The summed E-state index contributed by atoms with van der Waals surface area (Å²) >= 11 is 0. The second-order valence-electron chi connectivity index (χ2n) is 9.33. The van der Waals surface area contributed by atoms with Crippen LogP contribution in [0.25, 0.3) is 0 Å². The smallest absolute Gasteiger partial charge is 0.380 e. The molecule has 3 saturated heterocycles. The maximum Gasteiger partial charge on any atom is 0.416 e. The van der Waals surface area contributed by atoms with Gasteiger partial charge in [-0.2, -0.15) is 13.2 Å². The van der Waals surface area contributed by atoms with Gasteiger partial charge in [-0.1, -0.05) is 12.1 Å². The van der Waals surface area contributed by atoms with Crippen LogP contribution >= 0.6 is 0 Å². The number of carbonyl (C=O) groups excluding carboxylic acids is 2. The lowest BCUT2D eigenvalue weighted by Gasteiger charge is -2.35. The minimum atomic E-state index is -4.43. The summed E-state index contributed by atoms with van der Waals surface area (Å²) in [6.45, 7) is 1.53. The first kappa shape index (κ1) is 25.9. The Morgan fingerprint density at radius 1 is 1.06 bits per heavy atom. The fraction of sp³-hybridized carbons (Fsp3) is 0.652. The number of ether oxygens (including phenoxy) is 1. The van der Waals surface area contributed by atoms with Crippen molar-refractivity contribution in [2.45, 2.75) is 56.1 Å². The Kier molecular flexibility index (Phi) is 7.72. The van der Waals surface area contributed by atoms with Crippen LogP contribution in [-0.2, 0) is 37.1 Å². The van der Waals surface area contributed by atoms with Gasteiger partial charge in [0.15, 0.2) is 0 Å². The number of piperidine rings is 1. The summed E-state index contributed by atoms with van der Waals surface area (Å²) in [5.41, 5.74) is -0.240. The highest BCUT2D eigenvalue weighted by Gasteiger charge is 2.42. The number of benzene rings is 1. The van der Waals surface area contributed by atoms with E-state index in [2.05, 4.69) is 5.32 Å². The van der Waals surface area contributed by atoms with Gasteiger partial charge in [-0.15, -0.1) is 0 Å². The molecular weight excluding hydrogens is 487 g/mol. The lowest BCUT2D eigenvalue weighted by molar-refractivity contribution is -0.142. The van der Waals surface area contributed by atoms with Gasteiger partial charge in [0.25, 0.3) is 0 Å². The molecule has 194 valence electrons. The minimum Gasteiger partial charge on any atom is -0.380 e. The number of halogens is 3. The molecule has 3 aliphatic rings. The number of nitrogens with one attached hydrogen (secondary N) is 1. The van der Waals surface area contributed by atoms with E-state index in [-0.39, 0.29) is 31.5 Å². The summed E-state index contributed by atoms with van der Waals surface area (Å²) in [6.07, 6.45) is -1.71. The van der Waals surface area contributed by atoms with Gasteiger partial charge in [-0.25, -0.2) is 12.7 Å². The van der Waals surface area contributed by atoms with E-state index in [0.717, 1.165) is 12.1 Å². The Bertz CT molecular complexity index is 1030. The summed E-state index contributed by atoms with van der Waals surface area (Å²) in [7, 11) is -3.55. The molecule has 3 heterocycles. The molecule has 3 fully saturated rings. The topological polar surface area (TPSA) is 96.0 Å². The number of hydrogen-bond acceptors (Lipinski definition) is 5. The van der Waals surface area contributed by atoms with Crippen LogP contribution in [0.5, 0.6) is 0 Å². The zero-order valence-corrected chi connectivity index (χ0v) is 20.1. The van der Waals surface area contributed by atoms with Crippen molar-refractivity contribution >= 4 is 21.8 Å². The molecule has 2 amide bonds. The zero-order chi connectivity index (χ0) is 25.2. The number of rotatable bonds is 6. The van der Waals surface area contributed by atoms with Crippen LogP contribution in [0.4, 0.5) is 13.2 Å². The predicted octanol–water partition coefficient (Wildman–Crippen LogP) is 2.14. The minimum absolute atomic E-state index is 0.0500. The molecule has 1 aromatic carbocycles. The second-order valence-corrected chi connectivity index (χ2v) is 11.5. The number of alkyl halides is 3.